The number of nitrogens with two attached hydrogens (primary N) is 1. The van der Waals surface area contributed by atoms with Gasteiger partial charge in [-0.3, -0.25) is 10.1 Å². The molecule has 0 atom stereocenters. The summed E-state index contributed by atoms with van der Waals surface area (Å²) in [4.78, 5) is 20.3. The van der Waals surface area contributed by atoms with E-state index in [-0.39, 0.29) is 11.6 Å². The Morgan fingerprint density at radius 2 is 1.84 bits per heavy atom. The minimum Gasteiger partial charge on any atom is -0.368 e. The van der Waals surface area contributed by atoms with Crippen molar-refractivity contribution >= 4 is 17.5 Å². The molecule has 0 bridgehead atoms. The van der Waals surface area contributed by atoms with Gasteiger partial charge in [0.05, 0.1) is 4.92 Å². The van der Waals surface area contributed by atoms with Crippen LogP contribution in [0.2, 0.25) is 0 Å². The van der Waals surface area contributed by atoms with Crippen molar-refractivity contribution in [2.45, 2.75) is 27.7 Å². The summed E-state index contributed by atoms with van der Waals surface area (Å²) in [7, 11) is 0. The zero-order valence-electron chi connectivity index (χ0n) is 11.8. The quantitative estimate of drug-likeness (QED) is 0.626. The molecule has 0 aromatic carbocycles. The Morgan fingerprint density at radius 3 is 2.26 bits per heavy atom. The van der Waals surface area contributed by atoms with E-state index in [4.69, 9.17) is 5.73 Å². The van der Waals surface area contributed by atoms with Crippen molar-refractivity contribution in [2.75, 3.05) is 23.7 Å². The van der Waals surface area contributed by atoms with Crippen molar-refractivity contribution < 1.29 is 4.92 Å². The number of nitro groups is 1. The minimum absolute atomic E-state index is 0.0538. The predicted octanol–water partition coefficient (Wildman–Crippen LogP) is 2.09. The predicted molar refractivity (Wildman–Crippen MR) is 75.0 cm³/mol. The molecule has 1 aromatic heterocycles. The Balaban J connectivity index is 3.18. The molecule has 0 fully saturated rings. The normalized spacial score (nSPS) is 11.1. The van der Waals surface area contributed by atoms with E-state index in [0.717, 1.165) is 0 Å². The van der Waals surface area contributed by atoms with Crippen LogP contribution in [0.15, 0.2) is 6.20 Å². The van der Waals surface area contributed by atoms with Crippen molar-refractivity contribution in [3.8, 4) is 0 Å². The second-order valence-corrected chi connectivity index (χ2v) is 5.39. The molecule has 1 rings (SSSR count). The van der Waals surface area contributed by atoms with Gasteiger partial charge in [0.2, 0.25) is 11.8 Å². The molecular formula is C12H21N5O2. The van der Waals surface area contributed by atoms with Crippen LogP contribution >= 0.6 is 0 Å². The van der Waals surface area contributed by atoms with Crippen molar-refractivity contribution in [3.05, 3.63) is 16.3 Å². The van der Waals surface area contributed by atoms with E-state index >= 15 is 0 Å². The van der Waals surface area contributed by atoms with Gasteiger partial charge in [0.25, 0.3) is 0 Å². The summed E-state index contributed by atoms with van der Waals surface area (Å²) >= 11 is 0. The smallest absolute Gasteiger partial charge is 0.329 e. The largest absolute Gasteiger partial charge is 0.368 e. The van der Waals surface area contributed by atoms with Crippen LogP contribution in [0.4, 0.5) is 17.5 Å². The monoisotopic (exact) mass is 267 g/mol. The van der Waals surface area contributed by atoms with Crippen LogP contribution in [0.1, 0.15) is 27.7 Å². The van der Waals surface area contributed by atoms with Gasteiger partial charge in [-0.1, -0.05) is 27.7 Å². The first kappa shape index (κ1) is 15.1. The molecule has 19 heavy (non-hydrogen) atoms. The fourth-order valence-electron chi connectivity index (χ4n) is 1.87. The second-order valence-electron chi connectivity index (χ2n) is 5.39. The van der Waals surface area contributed by atoms with Gasteiger partial charge in [-0.2, -0.15) is 4.98 Å². The number of rotatable bonds is 6. The average molecular weight is 267 g/mol. The van der Waals surface area contributed by atoms with Crippen LogP contribution in [-0.4, -0.2) is 28.0 Å². The molecule has 0 aliphatic carbocycles. The maximum absolute atomic E-state index is 11.1. The Kier molecular flexibility index (Phi) is 5.02. The molecule has 0 amide bonds. The summed E-state index contributed by atoms with van der Waals surface area (Å²) in [6.45, 7) is 9.62. The third kappa shape index (κ3) is 4.35. The number of aromatic nitrogens is 2. The first-order valence-electron chi connectivity index (χ1n) is 6.33. The van der Waals surface area contributed by atoms with E-state index in [9.17, 15) is 10.1 Å². The molecule has 0 radical (unpaired) electrons. The zero-order valence-corrected chi connectivity index (χ0v) is 11.8. The Labute approximate surface area is 113 Å². The van der Waals surface area contributed by atoms with E-state index in [1.807, 2.05) is 4.90 Å². The van der Waals surface area contributed by atoms with Crippen LogP contribution in [0.3, 0.4) is 0 Å². The minimum atomic E-state index is -0.470. The molecular weight excluding hydrogens is 246 g/mol. The van der Waals surface area contributed by atoms with E-state index in [2.05, 4.69) is 37.7 Å². The van der Waals surface area contributed by atoms with Gasteiger partial charge in [0.15, 0.2) is 0 Å². The highest BCUT2D eigenvalue weighted by Gasteiger charge is 2.23. The van der Waals surface area contributed by atoms with Crippen LogP contribution < -0.4 is 10.6 Å². The lowest BCUT2D eigenvalue weighted by molar-refractivity contribution is -0.384. The molecule has 7 nitrogen and oxygen atoms in total. The number of hydrogen-bond acceptors (Lipinski definition) is 6. The number of anilines is 2. The summed E-state index contributed by atoms with van der Waals surface area (Å²) in [6, 6.07) is 0. The molecule has 0 saturated heterocycles. The highest BCUT2D eigenvalue weighted by Crippen LogP contribution is 2.26. The molecule has 0 aliphatic heterocycles. The van der Waals surface area contributed by atoms with Gasteiger partial charge in [0.1, 0.15) is 6.20 Å². The molecule has 1 aromatic rings. The van der Waals surface area contributed by atoms with Crippen molar-refractivity contribution in [3.63, 3.8) is 0 Å². The molecule has 1 heterocycles. The van der Waals surface area contributed by atoms with Gasteiger partial charge < -0.3 is 10.6 Å². The van der Waals surface area contributed by atoms with Gasteiger partial charge in [0, 0.05) is 13.1 Å². The summed E-state index contributed by atoms with van der Waals surface area (Å²) in [6.07, 6.45) is 1.17. The van der Waals surface area contributed by atoms with Gasteiger partial charge in [-0.15, -0.1) is 0 Å². The fraction of sp³-hybridized carbons (Fsp3) is 0.667. The van der Waals surface area contributed by atoms with Gasteiger partial charge in [-0.25, -0.2) is 4.98 Å². The SMILES string of the molecule is CC(C)CN(CC(C)C)c1nc(N)ncc1[N+](=O)[O-]. The lowest BCUT2D eigenvalue weighted by Crippen LogP contribution is -2.32. The Morgan fingerprint density at radius 1 is 1.32 bits per heavy atom. The molecule has 2 N–H and O–H groups in total. The van der Waals surface area contributed by atoms with Crippen LogP contribution in [0.25, 0.3) is 0 Å². The fourth-order valence-corrected chi connectivity index (χ4v) is 1.87. The second kappa shape index (κ2) is 6.31. The Hall–Kier alpha value is -1.92. The number of hydrogen-bond donors (Lipinski definition) is 1. The molecule has 7 heteroatoms. The van der Waals surface area contributed by atoms with Crippen LogP contribution in [0.5, 0.6) is 0 Å². The van der Waals surface area contributed by atoms with Gasteiger partial charge in [-0.05, 0) is 11.8 Å². The summed E-state index contributed by atoms with van der Waals surface area (Å²) in [5.41, 5.74) is 5.45. The van der Waals surface area contributed by atoms with Crippen LogP contribution in [0, 0.1) is 22.0 Å². The average Bonchev–Trinajstić information content (AvgIpc) is 2.26. The Bertz CT molecular complexity index is 438. The number of nitrogens with zero attached hydrogens (tertiary/aromatic N) is 4. The maximum atomic E-state index is 11.1. The molecule has 106 valence electrons. The van der Waals surface area contributed by atoms with E-state index in [0.29, 0.717) is 30.7 Å². The van der Waals surface area contributed by atoms with Crippen molar-refractivity contribution in [1.29, 1.82) is 0 Å². The highest BCUT2D eigenvalue weighted by atomic mass is 16.6. The molecule has 0 spiro atoms. The van der Waals surface area contributed by atoms with E-state index in [1.165, 1.54) is 6.20 Å². The first-order chi connectivity index (χ1) is 8.81. The van der Waals surface area contributed by atoms with Gasteiger partial charge >= 0.3 is 5.69 Å². The topological polar surface area (TPSA) is 98.2 Å². The summed E-state index contributed by atoms with van der Waals surface area (Å²) in [5.74, 6) is 1.10. The standard InChI is InChI=1S/C12H21N5O2/c1-8(2)6-16(7-9(3)4)11-10(17(18)19)5-14-12(13)15-11/h5,8-9H,6-7H2,1-4H3,(H2,13,14,15). The first-order valence-corrected chi connectivity index (χ1v) is 6.33. The third-order valence-corrected chi connectivity index (χ3v) is 2.44. The molecule has 0 aliphatic rings. The summed E-state index contributed by atoms with van der Waals surface area (Å²) in [5, 5.41) is 11.1. The van der Waals surface area contributed by atoms with E-state index < -0.39 is 4.92 Å². The molecule has 0 unspecified atom stereocenters. The van der Waals surface area contributed by atoms with Crippen molar-refractivity contribution in [1.82, 2.24) is 9.97 Å². The van der Waals surface area contributed by atoms with E-state index in [1.54, 1.807) is 0 Å². The lowest BCUT2D eigenvalue weighted by atomic mass is 10.1. The summed E-state index contributed by atoms with van der Waals surface area (Å²) < 4.78 is 0. The maximum Gasteiger partial charge on any atom is 0.329 e. The highest BCUT2D eigenvalue weighted by molar-refractivity contribution is 5.58. The lowest BCUT2D eigenvalue weighted by Gasteiger charge is -2.26. The molecule has 0 saturated carbocycles. The number of nitrogen functional groups attached to an aromatic ring is 1. The van der Waals surface area contributed by atoms with Crippen LogP contribution in [-0.2, 0) is 0 Å². The van der Waals surface area contributed by atoms with Crippen molar-refractivity contribution in [2.24, 2.45) is 11.8 Å². The zero-order chi connectivity index (χ0) is 14.6. The third-order valence-electron chi connectivity index (χ3n) is 2.44.